The number of carbonyl (C=O) groups excluding carboxylic acids is 7. The van der Waals surface area contributed by atoms with Gasteiger partial charge in [0.2, 0.25) is 41.4 Å². The molecule has 0 aliphatic rings. The van der Waals surface area contributed by atoms with Crippen LogP contribution in [0.2, 0.25) is 0 Å². The smallest absolute Gasteiger partial charge is 0.326 e. The maximum Gasteiger partial charge on any atom is 0.326 e. The van der Waals surface area contributed by atoms with Crippen LogP contribution in [0.25, 0.3) is 10.9 Å². The number of rotatable bonds is 22. The van der Waals surface area contributed by atoms with Crippen LogP contribution in [0, 0.1) is 5.92 Å². The Morgan fingerprint density at radius 3 is 1.93 bits per heavy atom. The van der Waals surface area contributed by atoms with Crippen LogP contribution in [0.3, 0.4) is 0 Å². The second kappa shape index (κ2) is 21.0. The lowest BCUT2D eigenvalue weighted by Gasteiger charge is -2.29. The van der Waals surface area contributed by atoms with Gasteiger partial charge in [-0.15, -0.1) is 0 Å². The normalized spacial score (nSPS) is 14.8. The van der Waals surface area contributed by atoms with Gasteiger partial charge < -0.3 is 53.9 Å². The van der Waals surface area contributed by atoms with E-state index in [1.807, 2.05) is 12.1 Å². The minimum absolute atomic E-state index is 0.0632. The SMILES string of the molecule is CC[C@H](C)[C@H](NC(=O)[C@H](C)NC(=O)[C@@H](N)CC(N)=O)C(=O)N[C@@H](Cc1ccccc1)C(=O)N[C@@H](CCC(N)=O)C(=O)N[C@@H](Cc1c[nH]c2ccccc12)C(=O)O. The summed E-state index contributed by atoms with van der Waals surface area (Å²) in [5.74, 6) is -7.43. The summed E-state index contributed by atoms with van der Waals surface area (Å²) < 4.78 is 0. The van der Waals surface area contributed by atoms with Crippen molar-refractivity contribution in [3.63, 3.8) is 0 Å². The first-order valence-corrected chi connectivity index (χ1v) is 18.2. The first kappa shape index (κ1) is 44.1. The first-order chi connectivity index (χ1) is 26.5. The molecule has 0 unspecified atom stereocenters. The molecular formula is C38H51N9O9. The number of primary amides is 2. The molecule has 7 amide bonds. The maximum absolute atomic E-state index is 14.0. The third-order valence-electron chi connectivity index (χ3n) is 9.24. The van der Waals surface area contributed by atoms with Gasteiger partial charge in [-0.05, 0) is 36.5 Å². The first-order valence-electron chi connectivity index (χ1n) is 18.2. The quantitative estimate of drug-likeness (QED) is 0.0593. The number of hydrogen-bond donors (Lipinski definition) is 10. The van der Waals surface area contributed by atoms with Crippen molar-refractivity contribution in [1.82, 2.24) is 31.6 Å². The summed E-state index contributed by atoms with van der Waals surface area (Å²) in [6, 6.07) is 8.00. The van der Waals surface area contributed by atoms with Crippen LogP contribution in [0.1, 0.15) is 57.6 Å². The van der Waals surface area contributed by atoms with Gasteiger partial charge in [-0.25, -0.2) is 4.79 Å². The molecule has 0 aliphatic carbocycles. The second-order valence-corrected chi connectivity index (χ2v) is 13.7. The van der Waals surface area contributed by atoms with Crippen molar-refractivity contribution < 1.29 is 43.5 Å². The van der Waals surface area contributed by atoms with Gasteiger partial charge in [0, 0.05) is 36.4 Å². The zero-order valence-corrected chi connectivity index (χ0v) is 31.5. The lowest BCUT2D eigenvalue weighted by molar-refractivity contribution is -0.142. The summed E-state index contributed by atoms with van der Waals surface area (Å²) in [7, 11) is 0. The number of nitrogens with one attached hydrogen (secondary N) is 6. The number of carbonyl (C=O) groups is 8. The van der Waals surface area contributed by atoms with Crippen LogP contribution in [-0.4, -0.2) is 93.7 Å². The van der Waals surface area contributed by atoms with Crippen LogP contribution >= 0.6 is 0 Å². The Labute approximate surface area is 323 Å². The molecule has 18 heteroatoms. The third kappa shape index (κ3) is 13.2. The van der Waals surface area contributed by atoms with Crippen molar-refractivity contribution in [3.05, 3.63) is 71.9 Å². The van der Waals surface area contributed by atoms with E-state index in [0.29, 0.717) is 17.5 Å². The third-order valence-corrected chi connectivity index (χ3v) is 9.24. The molecule has 0 spiro atoms. The Hall–Kier alpha value is -6.30. The number of benzene rings is 2. The predicted octanol–water partition coefficient (Wildman–Crippen LogP) is -1.00. The summed E-state index contributed by atoms with van der Waals surface area (Å²) in [6.45, 7) is 4.83. The zero-order valence-electron chi connectivity index (χ0n) is 31.5. The van der Waals surface area contributed by atoms with Gasteiger partial charge >= 0.3 is 5.97 Å². The molecular weight excluding hydrogens is 726 g/mol. The van der Waals surface area contributed by atoms with Crippen molar-refractivity contribution in [3.8, 4) is 0 Å². The minimum Gasteiger partial charge on any atom is -0.480 e. The molecule has 0 saturated heterocycles. The van der Waals surface area contributed by atoms with E-state index < -0.39 is 95.9 Å². The van der Waals surface area contributed by atoms with Gasteiger partial charge in [-0.3, -0.25) is 33.6 Å². The van der Waals surface area contributed by atoms with Crippen LogP contribution in [0.4, 0.5) is 0 Å². The molecule has 13 N–H and O–H groups in total. The summed E-state index contributed by atoms with van der Waals surface area (Å²) in [5, 5.41) is 23.5. The molecule has 3 rings (SSSR count). The highest BCUT2D eigenvalue weighted by atomic mass is 16.4. The molecule has 0 fully saturated rings. The zero-order chi connectivity index (χ0) is 41.5. The molecule has 56 heavy (non-hydrogen) atoms. The molecule has 18 nitrogen and oxygen atoms in total. The second-order valence-electron chi connectivity index (χ2n) is 13.7. The number of H-pyrrole nitrogens is 1. The van der Waals surface area contributed by atoms with E-state index >= 15 is 0 Å². The van der Waals surface area contributed by atoms with Gasteiger partial charge in [-0.1, -0.05) is 68.8 Å². The highest BCUT2D eigenvalue weighted by Crippen LogP contribution is 2.19. The van der Waals surface area contributed by atoms with Crippen LogP contribution in [0.5, 0.6) is 0 Å². The molecule has 7 atom stereocenters. The van der Waals surface area contributed by atoms with Crippen molar-refractivity contribution in [1.29, 1.82) is 0 Å². The number of aromatic nitrogens is 1. The van der Waals surface area contributed by atoms with E-state index in [1.165, 1.54) is 6.92 Å². The summed E-state index contributed by atoms with van der Waals surface area (Å²) in [6.07, 6.45) is 0.834. The maximum atomic E-state index is 14.0. The molecule has 2 aromatic carbocycles. The fourth-order valence-corrected chi connectivity index (χ4v) is 5.82. The van der Waals surface area contributed by atoms with Gasteiger partial charge in [0.1, 0.15) is 30.2 Å². The van der Waals surface area contributed by atoms with E-state index in [2.05, 4.69) is 31.6 Å². The topological polar surface area (TPSA) is 311 Å². The van der Waals surface area contributed by atoms with Crippen LogP contribution in [0.15, 0.2) is 60.8 Å². The summed E-state index contributed by atoms with van der Waals surface area (Å²) in [5.41, 5.74) is 18.2. The number of aromatic amines is 1. The van der Waals surface area contributed by atoms with Gasteiger partial charge in [0.15, 0.2) is 0 Å². The standard InChI is InChI=1S/C38H51N9O9/c1-4-20(2)32(47-33(50)21(3)43-34(51)25(39)18-31(41)49)37(54)45-28(16-22-10-6-5-7-11-22)36(53)44-27(14-15-30(40)48)35(52)46-29(38(55)56)17-23-19-42-26-13-9-8-12-24(23)26/h5-13,19-21,25,27-29,32,42H,4,14-18,39H2,1-3H3,(H2,40,48)(H2,41,49)(H,43,51)(H,44,53)(H,45,54)(H,46,52)(H,47,50)(H,55,56)/t20-,21-,25-,27-,28-,29-,32-/m0/s1. The number of nitrogens with two attached hydrogens (primary N) is 3. The Balaban J connectivity index is 1.83. The average Bonchev–Trinajstić information content (AvgIpc) is 3.56. The molecule has 1 aromatic heterocycles. The van der Waals surface area contributed by atoms with E-state index in [9.17, 15) is 43.5 Å². The number of hydrogen-bond acceptors (Lipinski definition) is 9. The highest BCUT2D eigenvalue weighted by Gasteiger charge is 2.34. The molecule has 302 valence electrons. The van der Waals surface area contributed by atoms with Gasteiger partial charge in [-0.2, -0.15) is 0 Å². The molecule has 1 heterocycles. The van der Waals surface area contributed by atoms with Crippen molar-refractivity contribution in [2.45, 2.75) is 95.5 Å². The summed E-state index contributed by atoms with van der Waals surface area (Å²) in [4.78, 5) is 105. The predicted molar refractivity (Wildman–Crippen MR) is 205 cm³/mol. The van der Waals surface area contributed by atoms with E-state index in [4.69, 9.17) is 17.2 Å². The molecule has 0 aliphatic heterocycles. The largest absolute Gasteiger partial charge is 0.480 e. The number of fused-ring (bicyclic) bond motifs is 1. The Morgan fingerprint density at radius 1 is 0.696 bits per heavy atom. The van der Waals surface area contributed by atoms with Crippen molar-refractivity contribution >= 4 is 58.2 Å². The Kier molecular flexibility index (Phi) is 16.5. The molecule has 0 bridgehead atoms. The number of aliphatic carboxylic acids is 1. The Morgan fingerprint density at radius 2 is 1.30 bits per heavy atom. The monoisotopic (exact) mass is 777 g/mol. The highest BCUT2D eigenvalue weighted by molar-refractivity contribution is 5.97. The van der Waals surface area contributed by atoms with Crippen LogP contribution < -0.4 is 43.8 Å². The van der Waals surface area contributed by atoms with Gasteiger partial charge in [0.05, 0.1) is 12.5 Å². The van der Waals surface area contributed by atoms with Crippen LogP contribution in [-0.2, 0) is 51.2 Å². The number of amides is 7. The molecule has 3 aromatic rings. The minimum atomic E-state index is -1.44. The van der Waals surface area contributed by atoms with Gasteiger partial charge in [0.25, 0.3) is 0 Å². The number of para-hydroxylation sites is 1. The van der Waals surface area contributed by atoms with Crippen molar-refractivity contribution in [2.24, 2.45) is 23.1 Å². The van der Waals surface area contributed by atoms with Crippen molar-refractivity contribution in [2.75, 3.05) is 0 Å². The number of carboxylic acid groups (broad SMARTS) is 1. The van der Waals surface area contributed by atoms with E-state index in [0.717, 1.165) is 10.9 Å². The summed E-state index contributed by atoms with van der Waals surface area (Å²) >= 11 is 0. The molecule has 0 saturated carbocycles. The Bertz CT molecular complexity index is 1880. The number of carboxylic acids is 1. The van der Waals surface area contributed by atoms with E-state index in [1.54, 1.807) is 62.5 Å². The average molecular weight is 778 g/mol. The lowest BCUT2D eigenvalue weighted by atomic mass is 9.96. The molecule has 0 radical (unpaired) electrons. The van der Waals surface area contributed by atoms with E-state index in [-0.39, 0.29) is 25.7 Å². The fourth-order valence-electron chi connectivity index (χ4n) is 5.82. The fraction of sp³-hybridized carbons (Fsp3) is 0.421. The lowest BCUT2D eigenvalue weighted by Crippen LogP contribution is -2.60.